The van der Waals surface area contributed by atoms with E-state index < -0.39 is 0 Å². The SMILES string of the molecule is Cc1nn(C)c(C)c1CCC(=O)NC[C@@H]1C[C@@H]2C=C[C@@H]1C21CC1. The molecule has 0 radical (unpaired) electrons. The van der Waals surface area contributed by atoms with E-state index in [1.165, 1.54) is 30.5 Å². The average molecular weight is 313 g/mol. The minimum absolute atomic E-state index is 0.184. The Bertz CT molecular complexity index is 668. The molecule has 3 aliphatic rings. The maximum atomic E-state index is 12.2. The highest BCUT2D eigenvalue weighted by atomic mass is 16.1. The molecule has 1 aromatic rings. The van der Waals surface area contributed by atoms with E-state index in [0.29, 0.717) is 17.8 Å². The number of allylic oxidation sites excluding steroid dienone is 2. The number of carbonyl (C=O) groups excluding carboxylic acids is 1. The van der Waals surface area contributed by atoms with Gasteiger partial charge in [-0.15, -0.1) is 0 Å². The van der Waals surface area contributed by atoms with Gasteiger partial charge < -0.3 is 5.32 Å². The van der Waals surface area contributed by atoms with Gasteiger partial charge in [-0.3, -0.25) is 9.48 Å². The molecule has 3 atom stereocenters. The second kappa shape index (κ2) is 5.22. The normalized spacial score (nSPS) is 29.4. The summed E-state index contributed by atoms with van der Waals surface area (Å²) < 4.78 is 1.90. The van der Waals surface area contributed by atoms with Gasteiger partial charge in [-0.05, 0) is 68.3 Å². The first-order valence-corrected chi connectivity index (χ1v) is 8.95. The lowest BCUT2D eigenvalue weighted by Gasteiger charge is -2.20. The predicted molar refractivity (Wildman–Crippen MR) is 89.9 cm³/mol. The average Bonchev–Trinajstić information content (AvgIpc) is 3.12. The van der Waals surface area contributed by atoms with E-state index >= 15 is 0 Å². The second-order valence-corrected chi connectivity index (χ2v) is 7.82. The fourth-order valence-electron chi connectivity index (χ4n) is 5.11. The Kier molecular flexibility index (Phi) is 3.40. The van der Waals surface area contributed by atoms with Crippen LogP contribution in [0.15, 0.2) is 12.2 Å². The third-order valence-electron chi connectivity index (χ3n) is 6.67. The standard InChI is InChI=1S/C19H27N3O/c1-12-16(13(2)22(3)21-12)5-7-18(23)20-11-14-10-15-4-6-17(14)19(15)8-9-19/h4,6,14-15,17H,5,7-11H2,1-3H3,(H,20,23)/t14-,15-,17-/m0/s1. The number of rotatable bonds is 5. The Balaban J connectivity index is 1.27. The van der Waals surface area contributed by atoms with Crippen LogP contribution in [-0.2, 0) is 18.3 Å². The van der Waals surface area contributed by atoms with Crippen molar-refractivity contribution in [2.24, 2.45) is 30.2 Å². The highest BCUT2D eigenvalue weighted by molar-refractivity contribution is 5.76. The van der Waals surface area contributed by atoms with Crippen LogP contribution in [0.3, 0.4) is 0 Å². The Morgan fingerprint density at radius 1 is 1.39 bits per heavy atom. The quantitative estimate of drug-likeness (QED) is 0.850. The van der Waals surface area contributed by atoms with Crippen molar-refractivity contribution in [1.29, 1.82) is 0 Å². The smallest absolute Gasteiger partial charge is 0.220 e. The summed E-state index contributed by atoms with van der Waals surface area (Å²) in [4.78, 5) is 12.2. The molecule has 2 fully saturated rings. The summed E-state index contributed by atoms with van der Waals surface area (Å²) in [5.41, 5.74) is 4.07. The molecule has 3 aliphatic carbocycles. The molecule has 4 heteroatoms. The lowest BCUT2D eigenvalue weighted by Crippen LogP contribution is -2.31. The molecule has 23 heavy (non-hydrogen) atoms. The highest BCUT2D eigenvalue weighted by Crippen LogP contribution is 2.69. The molecule has 1 N–H and O–H groups in total. The highest BCUT2D eigenvalue weighted by Gasteiger charge is 2.62. The van der Waals surface area contributed by atoms with Crippen molar-refractivity contribution in [3.05, 3.63) is 29.1 Å². The van der Waals surface area contributed by atoms with Gasteiger partial charge in [-0.1, -0.05) is 12.2 Å². The third-order valence-corrected chi connectivity index (χ3v) is 6.67. The van der Waals surface area contributed by atoms with Crippen molar-refractivity contribution in [2.45, 2.75) is 46.0 Å². The third kappa shape index (κ3) is 2.34. The van der Waals surface area contributed by atoms with Crippen molar-refractivity contribution in [3.8, 4) is 0 Å². The van der Waals surface area contributed by atoms with Gasteiger partial charge in [0.15, 0.2) is 0 Å². The van der Waals surface area contributed by atoms with E-state index in [1.54, 1.807) is 0 Å². The number of hydrogen-bond acceptors (Lipinski definition) is 2. The van der Waals surface area contributed by atoms with E-state index in [0.717, 1.165) is 30.5 Å². The number of carbonyl (C=O) groups is 1. The molecule has 1 amide bonds. The summed E-state index contributed by atoms with van der Waals surface area (Å²) >= 11 is 0. The summed E-state index contributed by atoms with van der Waals surface area (Å²) in [6.45, 7) is 4.96. The molecule has 0 aliphatic heterocycles. The molecule has 1 heterocycles. The van der Waals surface area contributed by atoms with Gasteiger partial charge >= 0.3 is 0 Å². The topological polar surface area (TPSA) is 46.9 Å². The molecule has 4 nitrogen and oxygen atoms in total. The fraction of sp³-hybridized carbons (Fsp3) is 0.684. The Labute approximate surface area is 138 Å². The molecule has 124 valence electrons. The van der Waals surface area contributed by atoms with E-state index in [1.807, 2.05) is 18.7 Å². The minimum atomic E-state index is 0.184. The zero-order valence-corrected chi connectivity index (χ0v) is 14.4. The molecule has 0 aromatic carbocycles. The van der Waals surface area contributed by atoms with Crippen molar-refractivity contribution in [3.63, 3.8) is 0 Å². The molecule has 2 bridgehead atoms. The van der Waals surface area contributed by atoms with Gasteiger partial charge in [0.2, 0.25) is 5.91 Å². The van der Waals surface area contributed by atoms with E-state index in [2.05, 4.69) is 29.5 Å². The summed E-state index contributed by atoms with van der Waals surface area (Å²) in [5.74, 6) is 2.38. The second-order valence-electron chi connectivity index (χ2n) is 7.82. The van der Waals surface area contributed by atoms with Crippen LogP contribution >= 0.6 is 0 Å². The molecule has 2 saturated carbocycles. The fourth-order valence-corrected chi connectivity index (χ4v) is 5.11. The molecule has 0 saturated heterocycles. The Hall–Kier alpha value is -1.58. The van der Waals surface area contributed by atoms with Crippen LogP contribution in [0.4, 0.5) is 0 Å². The number of nitrogens with one attached hydrogen (secondary N) is 1. The number of aryl methyl sites for hydroxylation is 2. The van der Waals surface area contributed by atoms with Gasteiger partial charge in [0.05, 0.1) is 5.69 Å². The molecule has 1 spiro atoms. The number of hydrogen-bond donors (Lipinski definition) is 1. The van der Waals surface area contributed by atoms with Gasteiger partial charge in [0, 0.05) is 25.7 Å². The largest absolute Gasteiger partial charge is 0.356 e. The monoisotopic (exact) mass is 313 g/mol. The zero-order valence-electron chi connectivity index (χ0n) is 14.4. The summed E-state index contributed by atoms with van der Waals surface area (Å²) in [6.07, 6.45) is 10.3. The lowest BCUT2D eigenvalue weighted by atomic mass is 9.89. The van der Waals surface area contributed by atoms with E-state index in [4.69, 9.17) is 0 Å². The van der Waals surface area contributed by atoms with E-state index in [9.17, 15) is 4.79 Å². The minimum Gasteiger partial charge on any atom is -0.356 e. The van der Waals surface area contributed by atoms with Crippen molar-refractivity contribution >= 4 is 5.91 Å². The first-order valence-electron chi connectivity index (χ1n) is 8.95. The molecule has 0 unspecified atom stereocenters. The number of amides is 1. The van der Waals surface area contributed by atoms with Crippen molar-refractivity contribution in [1.82, 2.24) is 15.1 Å². The van der Waals surface area contributed by atoms with Crippen LogP contribution in [0.2, 0.25) is 0 Å². The lowest BCUT2D eigenvalue weighted by molar-refractivity contribution is -0.121. The summed E-state index contributed by atoms with van der Waals surface area (Å²) in [6, 6.07) is 0. The van der Waals surface area contributed by atoms with Gasteiger partial charge in [-0.25, -0.2) is 0 Å². The Morgan fingerprint density at radius 3 is 2.78 bits per heavy atom. The first-order chi connectivity index (χ1) is 11.0. The van der Waals surface area contributed by atoms with Gasteiger partial charge in [-0.2, -0.15) is 5.10 Å². The first kappa shape index (κ1) is 15.0. The molecular weight excluding hydrogens is 286 g/mol. The van der Waals surface area contributed by atoms with Gasteiger partial charge in [0.1, 0.15) is 0 Å². The number of aromatic nitrogens is 2. The van der Waals surface area contributed by atoms with Crippen LogP contribution in [0.25, 0.3) is 0 Å². The van der Waals surface area contributed by atoms with Crippen LogP contribution in [0.1, 0.15) is 42.6 Å². The Morgan fingerprint density at radius 2 is 2.17 bits per heavy atom. The van der Waals surface area contributed by atoms with Crippen LogP contribution in [0.5, 0.6) is 0 Å². The predicted octanol–water partition coefficient (Wildman–Crippen LogP) is 2.69. The summed E-state index contributed by atoms with van der Waals surface area (Å²) in [7, 11) is 1.96. The van der Waals surface area contributed by atoms with Crippen LogP contribution in [0, 0.1) is 37.0 Å². The van der Waals surface area contributed by atoms with Gasteiger partial charge in [0.25, 0.3) is 0 Å². The maximum Gasteiger partial charge on any atom is 0.220 e. The van der Waals surface area contributed by atoms with Crippen LogP contribution < -0.4 is 5.32 Å². The van der Waals surface area contributed by atoms with E-state index in [-0.39, 0.29) is 5.91 Å². The summed E-state index contributed by atoms with van der Waals surface area (Å²) in [5, 5.41) is 7.61. The van der Waals surface area contributed by atoms with Crippen molar-refractivity contribution in [2.75, 3.05) is 6.54 Å². The molecule has 1 aromatic heterocycles. The molecular formula is C19H27N3O. The number of nitrogens with zero attached hydrogens (tertiary/aromatic N) is 2. The maximum absolute atomic E-state index is 12.2. The zero-order chi connectivity index (χ0) is 16.2. The molecule has 4 rings (SSSR count). The van der Waals surface area contributed by atoms with Crippen LogP contribution in [-0.4, -0.2) is 22.2 Å². The van der Waals surface area contributed by atoms with Crippen molar-refractivity contribution < 1.29 is 4.79 Å².